The predicted molar refractivity (Wildman–Crippen MR) is 89.7 cm³/mol. The molecule has 0 aliphatic carbocycles. The molecule has 0 unspecified atom stereocenters. The summed E-state index contributed by atoms with van der Waals surface area (Å²) in [4.78, 5) is 23.0. The molecule has 1 aliphatic heterocycles. The van der Waals surface area contributed by atoms with Crippen molar-refractivity contribution in [1.82, 2.24) is 9.97 Å². The zero-order chi connectivity index (χ0) is 15.4. The molecular formula is C16H17BrN4O. The van der Waals surface area contributed by atoms with Gasteiger partial charge in [-0.2, -0.15) is 0 Å². The molecule has 114 valence electrons. The summed E-state index contributed by atoms with van der Waals surface area (Å²) in [5, 5.41) is 2.99. The third-order valence-corrected chi connectivity index (χ3v) is 4.29. The SMILES string of the molecule is O=C(Nc1cccc(Br)c1)C1CCN(c2ncccn2)CC1. The van der Waals surface area contributed by atoms with E-state index in [9.17, 15) is 4.79 Å². The number of carbonyl (C=O) groups is 1. The minimum Gasteiger partial charge on any atom is -0.341 e. The van der Waals surface area contributed by atoms with Crippen LogP contribution in [-0.4, -0.2) is 29.0 Å². The summed E-state index contributed by atoms with van der Waals surface area (Å²) in [7, 11) is 0. The summed E-state index contributed by atoms with van der Waals surface area (Å²) in [6.07, 6.45) is 5.12. The van der Waals surface area contributed by atoms with E-state index in [1.165, 1.54) is 0 Å². The lowest BCUT2D eigenvalue weighted by Crippen LogP contribution is -2.39. The largest absolute Gasteiger partial charge is 0.341 e. The van der Waals surface area contributed by atoms with Crippen LogP contribution in [0.3, 0.4) is 0 Å². The highest BCUT2D eigenvalue weighted by Gasteiger charge is 2.26. The van der Waals surface area contributed by atoms with Gasteiger partial charge in [0, 0.05) is 41.6 Å². The van der Waals surface area contributed by atoms with E-state index in [0.29, 0.717) is 0 Å². The molecule has 0 radical (unpaired) electrons. The van der Waals surface area contributed by atoms with Gasteiger partial charge in [0.25, 0.3) is 0 Å². The van der Waals surface area contributed by atoms with Crippen molar-refractivity contribution < 1.29 is 4.79 Å². The molecule has 0 bridgehead atoms. The van der Waals surface area contributed by atoms with E-state index in [1.807, 2.05) is 30.3 Å². The summed E-state index contributed by atoms with van der Waals surface area (Å²) in [5.74, 6) is 0.874. The van der Waals surface area contributed by atoms with E-state index in [0.717, 1.165) is 42.0 Å². The lowest BCUT2D eigenvalue weighted by molar-refractivity contribution is -0.120. The third-order valence-electron chi connectivity index (χ3n) is 3.79. The highest BCUT2D eigenvalue weighted by molar-refractivity contribution is 9.10. The fraction of sp³-hybridized carbons (Fsp3) is 0.312. The van der Waals surface area contributed by atoms with Crippen LogP contribution < -0.4 is 10.2 Å². The topological polar surface area (TPSA) is 58.1 Å². The lowest BCUT2D eigenvalue weighted by Gasteiger charge is -2.31. The maximum atomic E-state index is 12.3. The Morgan fingerprint density at radius 2 is 1.91 bits per heavy atom. The first-order chi connectivity index (χ1) is 10.7. The Morgan fingerprint density at radius 3 is 2.59 bits per heavy atom. The van der Waals surface area contributed by atoms with Crippen LogP contribution in [0.15, 0.2) is 47.2 Å². The van der Waals surface area contributed by atoms with Gasteiger partial charge in [-0.3, -0.25) is 4.79 Å². The van der Waals surface area contributed by atoms with Crippen molar-refractivity contribution in [2.24, 2.45) is 5.92 Å². The summed E-state index contributed by atoms with van der Waals surface area (Å²) in [6, 6.07) is 9.46. The quantitative estimate of drug-likeness (QED) is 0.913. The number of hydrogen-bond acceptors (Lipinski definition) is 4. The zero-order valence-electron chi connectivity index (χ0n) is 12.1. The zero-order valence-corrected chi connectivity index (χ0v) is 13.7. The van der Waals surface area contributed by atoms with Crippen LogP contribution in [0.25, 0.3) is 0 Å². The van der Waals surface area contributed by atoms with Crippen molar-refractivity contribution in [2.45, 2.75) is 12.8 Å². The number of amides is 1. The molecule has 2 aromatic rings. The van der Waals surface area contributed by atoms with Crippen LogP contribution in [0.4, 0.5) is 11.6 Å². The molecule has 3 rings (SSSR count). The Hall–Kier alpha value is -1.95. The summed E-state index contributed by atoms with van der Waals surface area (Å²) in [6.45, 7) is 1.61. The fourth-order valence-corrected chi connectivity index (χ4v) is 3.01. The normalized spacial score (nSPS) is 15.6. The lowest BCUT2D eigenvalue weighted by atomic mass is 9.96. The highest BCUT2D eigenvalue weighted by Crippen LogP contribution is 2.22. The third kappa shape index (κ3) is 3.62. The van der Waals surface area contributed by atoms with Gasteiger partial charge in [0.15, 0.2) is 0 Å². The highest BCUT2D eigenvalue weighted by atomic mass is 79.9. The summed E-state index contributed by atoms with van der Waals surface area (Å²) in [5.41, 5.74) is 0.827. The van der Waals surface area contributed by atoms with Crippen molar-refractivity contribution in [3.63, 3.8) is 0 Å². The minimum absolute atomic E-state index is 0.0407. The second-order valence-corrected chi connectivity index (χ2v) is 6.23. The average Bonchev–Trinajstić information content (AvgIpc) is 2.56. The molecule has 1 aliphatic rings. The first-order valence-corrected chi connectivity index (χ1v) is 8.10. The van der Waals surface area contributed by atoms with E-state index < -0.39 is 0 Å². The molecule has 1 aromatic carbocycles. The molecule has 5 nitrogen and oxygen atoms in total. The average molecular weight is 361 g/mol. The van der Waals surface area contributed by atoms with Crippen LogP contribution in [-0.2, 0) is 4.79 Å². The van der Waals surface area contributed by atoms with Crippen LogP contribution in [0.2, 0.25) is 0 Å². The Balaban J connectivity index is 1.56. The molecular weight excluding hydrogens is 344 g/mol. The maximum Gasteiger partial charge on any atom is 0.227 e. The molecule has 1 saturated heterocycles. The number of hydrogen-bond donors (Lipinski definition) is 1. The van der Waals surface area contributed by atoms with Crippen LogP contribution in [0.5, 0.6) is 0 Å². The molecule has 1 aromatic heterocycles. The van der Waals surface area contributed by atoms with E-state index in [-0.39, 0.29) is 11.8 Å². The summed E-state index contributed by atoms with van der Waals surface area (Å²) >= 11 is 3.41. The van der Waals surface area contributed by atoms with Crippen molar-refractivity contribution in [1.29, 1.82) is 0 Å². The molecule has 1 N–H and O–H groups in total. The van der Waals surface area contributed by atoms with Gasteiger partial charge in [-0.15, -0.1) is 0 Å². The maximum absolute atomic E-state index is 12.3. The number of piperidine rings is 1. The predicted octanol–water partition coefficient (Wildman–Crippen LogP) is 3.09. The smallest absolute Gasteiger partial charge is 0.227 e. The molecule has 0 saturated carbocycles. The molecule has 1 amide bonds. The van der Waals surface area contributed by atoms with Crippen LogP contribution >= 0.6 is 15.9 Å². The standard InChI is InChI=1S/C16H17BrN4O/c17-13-3-1-4-14(11-13)20-15(22)12-5-9-21(10-6-12)16-18-7-2-8-19-16/h1-4,7-8,11-12H,5-6,9-10H2,(H,20,22). The number of rotatable bonds is 3. The second-order valence-electron chi connectivity index (χ2n) is 5.31. The molecule has 2 heterocycles. The molecule has 0 spiro atoms. The van der Waals surface area contributed by atoms with E-state index >= 15 is 0 Å². The van der Waals surface area contributed by atoms with E-state index in [1.54, 1.807) is 12.4 Å². The fourth-order valence-electron chi connectivity index (χ4n) is 2.61. The molecule has 22 heavy (non-hydrogen) atoms. The minimum atomic E-state index is 0.0407. The van der Waals surface area contributed by atoms with E-state index in [2.05, 4.69) is 36.1 Å². The number of carbonyl (C=O) groups excluding carboxylic acids is 1. The number of anilines is 2. The van der Waals surface area contributed by atoms with Gasteiger partial charge in [-0.25, -0.2) is 9.97 Å². The van der Waals surface area contributed by atoms with Crippen molar-refractivity contribution in [3.05, 3.63) is 47.2 Å². The number of nitrogens with one attached hydrogen (secondary N) is 1. The Morgan fingerprint density at radius 1 is 1.18 bits per heavy atom. The Kier molecular flexibility index (Phi) is 4.68. The molecule has 1 fully saturated rings. The van der Waals surface area contributed by atoms with Gasteiger partial charge in [-0.1, -0.05) is 22.0 Å². The number of nitrogens with zero attached hydrogens (tertiary/aromatic N) is 3. The van der Waals surface area contributed by atoms with Gasteiger partial charge >= 0.3 is 0 Å². The number of halogens is 1. The summed E-state index contributed by atoms with van der Waals surface area (Å²) < 4.78 is 0.960. The number of benzene rings is 1. The van der Waals surface area contributed by atoms with Crippen molar-refractivity contribution in [2.75, 3.05) is 23.3 Å². The van der Waals surface area contributed by atoms with Gasteiger partial charge in [-0.05, 0) is 37.1 Å². The van der Waals surface area contributed by atoms with E-state index in [4.69, 9.17) is 0 Å². The molecule has 0 atom stereocenters. The monoisotopic (exact) mass is 360 g/mol. The molecule has 6 heteroatoms. The Labute approximate surface area is 137 Å². The van der Waals surface area contributed by atoms with Crippen LogP contribution in [0, 0.1) is 5.92 Å². The first kappa shape index (κ1) is 15.0. The van der Waals surface area contributed by atoms with Gasteiger partial charge in [0.05, 0.1) is 0 Å². The van der Waals surface area contributed by atoms with Gasteiger partial charge in [0.1, 0.15) is 0 Å². The van der Waals surface area contributed by atoms with Crippen LogP contribution in [0.1, 0.15) is 12.8 Å². The van der Waals surface area contributed by atoms with Gasteiger partial charge in [0.2, 0.25) is 11.9 Å². The van der Waals surface area contributed by atoms with Crippen molar-refractivity contribution in [3.8, 4) is 0 Å². The van der Waals surface area contributed by atoms with Gasteiger partial charge < -0.3 is 10.2 Å². The number of aromatic nitrogens is 2. The Bertz CT molecular complexity index is 642. The first-order valence-electron chi connectivity index (χ1n) is 7.31. The second kappa shape index (κ2) is 6.87. The van der Waals surface area contributed by atoms with Crippen molar-refractivity contribution >= 4 is 33.5 Å².